The first-order valence-corrected chi connectivity index (χ1v) is 10.2. The second-order valence-electron chi connectivity index (χ2n) is 6.34. The van der Waals surface area contributed by atoms with Gasteiger partial charge >= 0.3 is 0 Å². The molecule has 2 N–H and O–H groups in total. The molecule has 0 spiro atoms. The Morgan fingerprint density at radius 1 is 1.32 bits per heavy atom. The van der Waals surface area contributed by atoms with E-state index in [1.807, 2.05) is 59.2 Å². The molecule has 0 bridgehead atoms. The summed E-state index contributed by atoms with van der Waals surface area (Å²) in [4.78, 5) is 4.74. The maximum absolute atomic E-state index is 4.74. The number of rotatable bonds is 6. The zero-order valence-electron chi connectivity index (χ0n) is 15.0. The van der Waals surface area contributed by atoms with E-state index in [2.05, 4.69) is 28.9 Å². The van der Waals surface area contributed by atoms with Gasteiger partial charge in [0, 0.05) is 29.6 Å². The van der Waals surface area contributed by atoms with Crippen LogP contribution in [0.3, 0.4) is 0 Å². The normalized spacial score (nSPS) is 20.6. The lowest BCUT2D eigenvalue weighted by Gasteiger charge is -2.17. The lowest BCUT2D eigenvalue weighted by atomic mass is 10.2. The third kappa shape index (κ3) is 5.01. The summed E-state index contributed by atoms with van der Waals surface area (Å²) < 4.78 is 1.89. The smallest absolute Gasteiger partial charge is 0.191 e. The Morgan fingerprint density at radius 3 is 2.88 bits per heavy atom. The standard InChI is InChI=1S/C19H27N5S/c1-3-20-19(23-16-9-10-18(11-16)25-2)21-12-15-13-22-24(14-15)17-7-5-4-6-8-17/h4-8,13-14,16,18H,3,9-12H2,1-2H3,(H2,20,21,23). The summed E-state index contributed by atoms with van der Waals surface area (Å²) in [5.41, 5.74) is 2.17. The van der Waals surface area contributed by atoms with Crippen molar-refractivity contribution in [3.05, 3.63) is 48.3 Å². The molecular weight excluding hydrogens is 330 g/mol. The molecule has 1 saturated carbocycles. The lowest BCUT2D eigenvalue weighted by molar-refractivity contribution is 0.615. The first-order chi connectivity index (χ1) is 12.3. The van der Waals surface area contributed by atoms with Crippen molar-refractivity contribution in [3.8, 4) is 5.69 Å². The van der Waals surface area contributed by atoms with Gasteiger partial charge in [-0.15, -0.1) is 0 Å². The van der Waals surface area contributed by atoms with Gasteiger partial charge in [0.25, 0.3) is 0 Å². The first kappa shape index (κ1) is 17.9. The molecule has 0 amide bonds. The molecule has 1 aromatic carbocycles. The average Bonchev–Trinajstić information content (AvgIpc) is 3.30. The van der Waals surface area contributed by atoms with Gasteiger partial charge in [-0.25, -0.2) is 9.67 Å². The fourth-order valence-electron chi connectivity index (χ4n) is 3.13. The number of benzene rings is 1. The van der Waals surface area contributed by atoms with Gasteiger partial charge < -0.3 is 10.6 Å². The number of nitrogens with zero attached hydrogens (tertiary/aromatic N) is 3. The Morgan fingerprint density at radius 2 is 2.16 bits per heavy atom. The quantitative estimate of drug-likeness (QED) is 0.616. The van der Waals surface area contributed by atoms with E-state index in [1.54, 1.807) is 0 Å². The molecule has 1 fully saturated rings. The van der Waals surface area contributed by atoms with Crippen LogP contribution in [0.1, 0.15) is 31.7 Å². The Bertz CT molecular complexity index is 682. The number of hydrogen-bond acceptors (Lipinski definition) is 3. The monoisotopic (exact) mass is 357 g/mol. The van der Waals surface area contributed by atoms with Gasteiger partial charge in [-0.1, -0.05) is 18.2 Å². The highest BCUT2D eigenvalue weighted by molar-refractivity contribution is 7.99. The highest BCUT2D eigenvalue weighted by atomic mass is 32.2. The minimum absolute atomic E-state index is 0.530. The maximum atomic E-state index is 4.74. The molecule has 5 nitrogen and oxygen atoms in total. The van der Waals surface area contributed by atoms with Crippen LogP contribution in [0.25, 0.3) is 5.69 Å². The maximum Gasteiger partial charge on any atom is 0.191 e. The number of para-hydroxylation sites is 1. The van der Waals surface area contributed by atoms with Crippen LogP contribution in [0.4, 0.5) is 0 Å². The van der Waals surface area contributed by atoms with E-state index in [0.29, 0.717) is 12.6 Å². The van der Waals surface area contributed by atoms with Crippen LogP contribution in [0.5, 0.6) is 0 Å². The van der Waals surface area contributed by atoms with Gasteiger partial charge in [0.2, 0.25) is 0 Å². The fraction of sp³-hybridized carbons (Fsp3) is 0.474. The average molecular weight is 358 g/mol. The van der Waals surface area contributed by atoms with E-state index < -0.39 is 0 Å². The van der Waals surface area contributed by atoms with Crippen molar-refractivity contribution in [2.75, 3.05) is 12.8 Å². The second kappa shape index (κ2) is 8.94. The molecule has 0 aliphatic heterocycles. The van der Waals surface area contributed by atoms with E-state index >= 15 is 0 Å². The van der Waals surface area contributed by atoms with Crippen molar-refractivity contribution in [1.82, 2.24) is 20.4 Å². The molecule has 1 aromatic heterocycles. The Kier molecular flexibility index (Phi) is 6.39. The van der Waals surface area contributed by atoms with Crippen LogP contribution < -0.4 is 10.6 Å². The van der Waals surface area contributed by atoms with Crippen molar-refractivity contribution in [1.29, 1.82) is 0 Å². The minimum Gasteiger partial charge on any atom is -0.357 e. The van der Waals surface area contributed by atoms with Crippen molar-refractivity contribution >= 4 is 17.7 Å². The number of thioether (sulfide) groups is 1. The molecule has 0 saturated heterocycles. The van der Waals surface area contributed by atoms with E-state index in [1.165, 1.54) is 19.3 Å². The van der Waals surface area contributed by atoms with E-state index in [4.69, 9.17) is 4.99 Å². The van der Waals surface area contributed by atoms with E-state index in [9.17, 15) is 0 Å². The largest absolute Gasteiger partial charge is 0.357 e. The first-order valence-electron chi connectivity index (χ1n) is 8.95. The summed E-state index contributed by atoms with van der Waals surface area (Å²) >= 11 is 1.98. The van der Waals surface area contributed by atoms with E-state index in [0.717, 1.165) is 29.0 Å². The summed E-state index contributed by atoms with van der Waals surface area (Å²) in [6, 6.07) is 10.7. The molecular formula is C19H27N5S. The van der Waals surface area contributed by atoms with Gasteiger partial charge in [-0.2, -0.15) is 16.9 Å². The van der Waals surface area contributed by atoms with Crippen LogP contribution in [-0.2, 0) is 6.54 Å². The molecule has 0 radical (unpaired) electrons. The number of hydrogen-bond donors (Lipinski definition) is 2. The predicted molar refractivity (Wildman–Crippen MR) is 106 cm³/mol. The summed E-state index contributed by atoms with van der Waals surface area (Å²) in [7, 11) is 0. The summed E-state index contributed by atoms with van der Waals surface area (Å²) in [6.07, 6.45) is 9.87. The third-order valence-electron chi connectivity index (χ3n) is 4.48. The molecule has 1 aliphatic rings. The van der Waals surface area contributed by atoms with Gasteiger partial charge in [0.15, 0.2) is 5.96 Å². The fourth-order valence-corrected chi connectivity index (χ4v) is 3.93. The van der Waals surface area contributed by atoms with Gasteiger partial charge in [0.05, 0.1) is 18.4 Å². The molecule has 3 rings (SSSR count). The zero-order valence-corrected chi connectivity index (χ0v) is 15.8. The molecule has 134 valence electrons. The van der Waals surface area contributed by atoms with Gasteiger partial charge in [0.1, 0.15) is 0 Å². The molecule has 1 aliphatic carbocycles. The van der Waals surface area contributed by atoms with Crippen molar-refractivity contribution < 1.29 is 0 Å². The molecule has 2 unspecified atom stereocenters. The van der Waals surface area contributed by atoms with Crippen LogP contribution in [0.2, 0.25) is 0 Å². The Labute approximate surface area is 154 Å². The third-order valence-corrected chi connectivity index (χ3v) is 5.57. The van der Waals surface area contributed by atoms with Gasteiger partial charge in [-0.3, -0.25) is 0 Å². The lowest BCUT2D eigenvalue weighted by Crippen LogP contribution is -2.42. The van der Waals surface area contributed by atoms with Crippen LogP contribution >= 0.6 is 11.8 Å². The number of aliphatic imine (C=N–C) groups is 1. The Balaban J connectivity index is 1.61. The van der Waals surface area contributed by atoms with Crippen LogP contribution in [-0.4, -0.2) is 39.8 Å². The summed E-state index contributed by atoms with van der Waals surface area (Å²) in [5.74, 6) is 0.904. The second-order valence-corrected chi connectivity index (χ2v) is 7.47. The molecule has 6 heteroatoms. The van der Waals surface area contributed by atoms with Crippen LogP contribution in [0, 0.1) is 0 Å². The summed E-state index contributed by atoms with van der Waals surface area (Å²) in [5, 5.41) is 12.2. The molecule has 1 heterocycles. The highest BCUT2D eigenvalue weighted by Gasteiger charge is 2.24. The Hall–Kier alpha value is -1.95. The van der Waals surface area contributed by atoms with Crippen LogP contribution in [0.15, 0.2) is 47.7 Å². The van der Waals surface area contributed by atoms with Crippen molar-refractivity contribution in [2.45, 2.75) is 44.0 Å². The summed E-state index contributed by atoms with van der Waals surface area (Å²) in [6.45, 7) is 3.60. The van der Waals surface area contributed by atoms with Gasteiger partial charge in [-0.05, 0) is 44.6 Å². The number of nitrogens with one attached hydrogen (secondary N) is 2. The van der Waals surface area contributed by atoms with Crippen molar-refractivity contribution in [2.24, 2.45) is 4.99 Å². The highest BCUT2D eigenvalue weighted by Crippen LogP contribution is 2.28. The minimum atomic E-state index is 0.530. The van der Waals surface area contributed by atoms with Crippen molar-refractivity contribution in [3.63, 3.8) is 0 Å². The topological polar surface area (TPSA) is 54.2 Å². The molecule has 25 heavy (non-hydrogen) atoms. The molecule has 2 aromatic rings. The zero-order chi connectivity index (χ0) is 17.5. The number of aromatic nitrogens is 2. The predicted octanol–water partition coefficient (Wildman–Crippen LogP) is 3.21. The SMILES string of the molecule is CCNC(=NCc1cnn(-c2ccccc2)c1)NC1CCC(SC)C1. The number of guanidine groups is 1. The molecule has 2 atom stereocenters. The van der Waals surface area contributed by atoms with E-state index in [-0.39, 0.29) is 0 Å².